The summed E-state index contributed by atoms with van der Waals surface area (Å²) in [7, 11) is 3.16. The molecule has 2 unspecified atom stereocenters. The van der Waals surface area contributed by atoms with Gasteiger partial charge >= 0.3 is 0 Å². The van der Waals surface area contributed by atoms with Gasteiger partial charge in [0.1, 0.15) is 0 Å². The molecule has 0 spiro atoms. The zero-order valence-corrected chi connectivity index (χ0v) is 13.5. The second-order valence-corrected chi connectivity index (χ2v) is 9.77. The van der Waals surface area contributed by atoms with E-state index in [1.54, 1.807) is 0 Å². The molecule has 0 rings (SSSR count). The van der Waals surface area contributed by atoms with Gasteiger partial charge in [-0.15, -0.1) is 0 Å². The zero-order valence-electron chi connectivity index (χ0n) is 12.5. The normalized spacial score (nSPS) is 17.8. The second-order valence-electron chi connectivity index (χ2n) is 5.00. The largest absolute Gasteiger partial charge is 0.317 e. The molecule has 0 N–H and O–H groups in total. The van der Waals surface area contributed by atoms with Gasteiger partial charge in [0.15, 0.2) is 0 Å². The van der Waals surface area contributed by atoms with Crippen molar-refractivity contribution >= 4 is 8.40 Å². The van der Waals surface area contributed by atoms with Crippen molar-refractivity contribution in [2.75, 3.05) is 27.2 Å². The van der Waals surface area contributed by atoms with Crippen molar-refractivity contribution in [2.45, 2.75) is 59.0 Å². The molecule has 98 valence electrons. The van der Waals surface area contributed by atoms with E-state index in [1.807, 2.05) is 0 Å². The lowest BCUT2D eigenvalue weighted by Crippen LogP contribution is -2.65. The molecule has 0 fully saturated rings. The zero-order chi connectivity index (χ0) is 12.8. The molecule has 0 saturated carbocycles. The molecule has 0 aliphatic rings. The van der Waals surface area contributed by atoms with Gasteiger partial charge in [-0.05, 0) is 38.8 Å². The van der Waals surface area contributed by atoms with Crippen molar-refractivity contribution in [2.24, 2.45) is 0 Å². The van der Waals surface area contributed by atoms with Crippen LogP contribution in [-0.4, -0.2) is 44.7 Å². The summed E-state index contributed by atoms with van der Waals surface area (Å²) >= 11 is 0. The number of hydrogen-bond acceptors (Lipinski definition) is 2. The molecule has 0 heterocycles. The van der Waals surface area contributed by atoms with Gasteiger partial charge in [0.2, 0.25) is 8.40 Å². The first kappa shape index (κ1) is 16.1. The number of rotatable bonds is 8. The van der Waals surface area contributed by atoms with Gasteiger partial charge in [-0.25, -0.2) is 0 Å². The summed E-state index contributed by atoms with van der Waals surface area (Å²) in [4.78, 5) is 0. The maximum Gasteiger partial charge on any atom is 0.209 e. The summed E-state index contributed by atoms with van der Waals surface area (Å²) in [6.45, 7) is 14.2. The second kappa shape index (κ2) is 7.46. The van der Waals surface area contributed by atoms with Crippen LogP contribution in [0.4, 0.5) is 0 Å². The highest BCUT2D eigenvalue weighted by Crippen LogP contribution is 2.34. The SMILES string of the molecule is CCC[Si](C(C)CC)(N(C)C)N(CC)CC. The van der Waals surface area contributed by atoms with E-state index in [2.05, 4.69) is 57.8 Å². The van der Waals surface area contributed by atoms with Crippen LogP contribution in [0.5, 0.6) is 0 Å². The fourth-order valence-corrected chi connectivity index (χ4v) is 8.94. The van der Waals surface area contributed by atoms with Gasteiger partial charge in [0.25, 0.3) is 0 Å². The van der Waals surface area contributed by atoms with E-state index in [0.29, 0.717) is 0 Å². The molecule has 0 radical (unpaired) electrons. The van der Waals surface area contributed by atoms with E-state index in [-0.39, 0.29) is 0 Å². The lowest BCUT2D eigenvalue weighted by atomic mass is 10.4. The molecular weight excluding hydrogens is 212 g/mol. The van der Waals surface area contributed by atoms with Crippen LogP contribution >= 0.6 is 0 Å². The average molecular weight is 244 g/mol. The predicted molar refractivity (Wildman–Crippen MR) is 77.2 cm³/mol. The van der Waals surface area contributed by atoms with Crippen LogP contribution in [0.1, 0.15) is 47.5 Å². The van der Waals surface area contributed by atoms with Gasteiger partial charge in [-0.2, -0.15) is 0 Å². The third-order valence-electron chi connectivity index (χ3n) is 4.11. The Hall–Kier alpha value is 0.137. The first-order chi connectivity index (χ1) is 7.50. The Balaban J connectivity index is 5.22. The molecule has 2 nitrogen and oxygen atoms in total. The highest BCUT2D eigenvalue weighted by molar-refractivity contribution is 6.75. The Morgan fingerprint density at radius 2 is 1.50 bits per heavy atom. The Kier molecular flexibility index (Phi) is 7.52. The Morgan fingerprint density at radius 3 is 1.75 bits per heavy atom. The van der Waals surface area contributed by atoms with Crippen molar-refractivity contribution in [3.63, 3.8) is 0 Å². The standard InChI is InChI=1S/C13H32N2Si/c1-8-12-16(14(6)7,13(5)9-2)15(10-3)11-4/h13H,8-12H2,1-7H3. The quantitative estimate of drug-likeness (QED) is 0.603. The van der Waals surface area contributed by atoms with Crippen molar-refractivity contribution in [1.29, 1.82) is 0 Å². The first-order valence-electron chi connectivity index (χ1n) is 6.93. The van der Waals surface area contributed by atoms with E-state index in [9.17, 15) is 0 Å². The number of hydrogen-bond donors (Lipinski definition) is 0. The van der Waals surface area contributed by atoms with E-state index in [1.165, 1.54) is 32.0 Å². The van der Waals surface area contributed by atoms with Crippen molar-refractivity contribution in [3.8, 4) is 0 Å². The molecule has 0 saturated heterocycles. The van der Waals surface area contributed by atoms with Crippen molar-refractivity contribution in [3.05, 3.63) is 0 Å². The minimum atomic E-state index is -1.44. The van der Waals surface area contributed by atoms with Crippen LogP contribution in [0.25, 0.3) is 0 Å². The summed E-state index contributed by atoms with van der Waals surface area (Å²) < 4.78 is 5.35. The molecule has 0 aliphatic heterocycles. The van der Waals surface area contributed by atoms with Gasteiger partial charge in [-0.1, -0.05) is 47.5 Å². The van der Waals surface area contributed by atoms with Crippen molar-refractivity contribution in [1.82, 2.24) is 9.13 Å². The minimum absolute atomic E-state index is 0.849. The molecule has 0 aromatic heterocycles. The van der Waals surface area contributed by atoms with Crippen LogP contribution in [-0.2, 0) is 0 Å². The Labute approximate surface area is 104 Å². The molecule has 16 heavy (non-hydrogen) atoms. The maximum absolute atomic E-state index is 2.77. The maximum atomic E-state index is 2.77. The van der Waals surface area contributed by atoms with Gasteiger partial charge in [-0.3, -0.25) is 0 Å². The van der Waals surface area contributed by atoms with E-state index in [4.69, 9.17) is 0 Å². The highest BCUT2D eigenvalue weighted by atomic mass is 28.3. The summed E-state index contributed by atoms with van der Waals surface area (Å²) in [5, 5.41) is 0. The summed E-state index contributed by atoms with van der Waals surface area (Å²) in [6.07, 6.45) is 2.62. The van der Waals surface area contributed by atoms with Crippen LogP contribution in [0.15, 0.2) is 0 Å². The topological polar surface area (TPSA) is 6.48 Å². The molecular formula is C13H32N2Si. The summed E-state index contributed by atoms with van der Waals surface area (Å²) in [6, 6.07) is 1.40. The van der Waals surface area contributed by atoms with Crippen LogP contribution in [0.2, 0.25) is 11.6 Å². The molecule has 0 aliphatic carbocycles. The monoisotopic (exact) mass is 244 g/mol. The number of nitrogens with zero attached hydrogens (tertiary/aromatic N) is 2. The van der Waals surface area contributed by atoms with E-state index >= 15 is 0 Å². The van der Waals surface area contributed by atoms with Crippen molar-refractivity contribution < 1.29 is 0 Å². The minimum Gasteiger partial charge on any atom is -0.317 e. The summed E-state index contributed by atoms with van der Waals surface area (Å²) in [5.41, 5.74) is 0.849. The van der Waals surface area contributed by atoms with E-state index in [0.717, 1.165) is 5.54 Å². The highest BCUT2D eigenvalue weighted by Gasteiger charge is 2.44. The predicted octanol–water partition coefficient (Wildman–Crippen LogP) is 3.54. The lowest BCUT2D eigenvalue weighted by molar-refractivity contribution is 0.375. The smallest absolute Gasteiger partial charge is 0.209 e. The van der Waals surface area contributed by atoms with E-state index < -0.39 is 8.40 Å². The lowest BCUT2D eigenvalue weighted by Gasteiger charge is -2.49. The van der Waals surface area contributed by atoms with Crippen LogP contribution in [0, 0.1) is 0 Å². The fourth-order valence-electron chi connectivity index (χ4n) is 3.13. The van der Waals surface area contributed by atoms with Gasteiger partial charge < -0.3 is 9.13 Å². The molecule has 0 amide bonds. The van der Waals surface area contributed by atoms with Gasteiger partial charge in [0, 0.05) is 0 Å². The molecule has 3 heteroatoms. The Morgan fingerprint density at radius 1 is 1.00 bits per heavy atom. The third-order valence-corrected chi connectivity index (χ3v) is 10.6. The molecule has 0 aromatic rings. The molecule has 0 aromatic carbocycles. The van der Waals surface area contributed by atoms with Crippen LogP contribution < -0.4 is 0 Å². The van der Waals surface area contributed by atoms with Crippen LogP contribution in [0.3, 0.4) is 0 Å². The summed E-state index contributed by atoms with van der Waals surface area (Å²) in [5.74, 6) is 0. The first-order valence-corrected chi connectivity index (χ1v) is 9.11. The average Bonchev–Trinajstić information content (AvgIpc) is 2.27. The van der Waals surface area contributed by atoms with Gasteiger partial charge in [0.05, 0.1) is 0 Å². The Bertz CT molecular complexity index is 181. The molecule has 0 bridgehead atoms. The molecule has 2 atom stereocenters. The third kappa shape index (κ3) is 3.08. The fraction of sp³-hybridized carbons (Fsp3) is 1.00.